The van der Waals surface area contributed by atoms with Crippen molar-refractivity contribution in [3.8, 4) is 0 Å². The summed E-state index contributed by atoms with van der Waals surface area (Å²) in [5.74, 6) is -1.37. The van der Waals surface area contributed by atoms with Gasteiger partial charge in [0.25, 0.3) is 0 Å². The van der Waals surface area contributed by atoms with Crippen molar-refractivity contribution in [1.29, 1.82) is 0 Å². The van der Waals surface area contributed by atoms with Gasteiger partial charge in [-0.05, 0) is 24.0 Å². The van der Waals surface area contributed by atoms with E-state index in [1.54, 1.807) is 0 Å². The van der Waals surface area contributed by atoms with Gasteiger partial charge in [0.2, 0.25) is 5.91 Å². The molecule has 3 N–H and O–H groups in total. The molecular weight excluding hydrogens is 280 g/mol. The first-order chi connectivity index (χ1) is 10.4. The number of rotatable bonds is 8. The summed E-state index contributed by atoms with van der Waals surface area (Å²) in [4.78, 5) is 23.8. The molecule has 0 saturated carbocycles. The van der Waals surface area contributed by atoms with Crippen molar-refractivity contribution < 1.29 is 14.7 Å². The van der Waals surface area contributed by atoms with Gasteiger partial charge < -0.3 is 15.7 Å². The lowest BCUT2D eigenvalue weighted by Gasteiger charge is -2.26. The minimum Gasteiger partial charge on any atom is -0.480 e. The van der Waals surface area contributed by atoms with E-state index in [-0.39, 0.29) is 17.7 Å². The number of nitrogens with one attached hydrogen (secondary N) is 2. The molecule has 0 radical (unpaired) electrons. The van der Waals surface area contributed by atoms with Crippen LogP contribution in [0.5, 0.6) is 0 Å². The smallest absolute Gasteiger partial charge is 0.326 e. The third-order valence-corrected chi connectivity index (χ3v) is 3.82. The zero-order chi connectivity index (χ0) is 16.7. The van der Waals surface area contributed by atoms with E-state index in [1.807, 2.05) is 58.0 Å². The second kappa shape index (κ2) is 8.41. The molecule has 0 heterocycles. The maximum absolute atomic E-state index is 12.5. The first-order valence-corrected chi connectivity index (χ1v) is 7.71. The second-order valence-corrected chi connectivity index (χ2v) is 5.94. The fraction of sp³-hybridized carbons (Fsp3) is 0.529. The van der Waals surface area contributed by atoms with Gasteiger partial charge in [0.05, 0.1) is 0 Å². The van der Waals surface area contributed by atoms with Crippen LogP contribution in [0.25, 0.3) is 0 Å². The Labute approximate surface area is 132 Å². The molecule has 0 spiro atoms. The molecule has 3 unspecified atom stereocenters. The molecule has 5 nitrogen and oxygen atoms in total. The number of amides is 1. The number of hydrogen-bond donors (Lipinski definition) is 3. The van der Waals surface area contributed by atoms with Crippen LogP contribution in [0, 0.1) is 11.8 Å². The lowest BCUT2D eigenvalue weighted by Crippen LogP contribution is -2.51. The first-order valence-electron chi connectivity index (χ1n) is 7.71. The predicted octanol–water partition coefficient (Wildman–Crippen LogP) is 2.74. The Morgan fingerprint density at radius 1 is 1.09 bits per heavy atom. The van der Waals surface area contributed by atoms with E-state index in [0.29, 0.717) is 6.42 Å². The second-order valence-electron chi connectivity index (χ2n) is 5.94. The summed E-state index contributed by atoms with van der Waals surface area (Å²) < 4.78 is 0. The molecule has 1 amide bonds. The molecule has 0 aliphatic carbocycles. The molecule has 1 aromatic carbocycles. The summed E-state index contributed by atoms with van der Waals surface area (Å²) >= 11 is 0. The highest BCUT2D eigenvalue weighted by atomic mass is 16.4. The van der Waals surface area contributed by atoms with E-state index in [4.69, 9.17) is 0 Å². The molecular formula is C17H26N2O3. The highest BCUT2D eigenvalue weighted by Crippen LogP contribution is 2.14. The van der Waals surface area contributed by atoms with Crippen LogP contribution in [0.4, 0.5) is 5.69 Å². The van der Waals surface area contributed by atoms with Crippen LogP contribution in [0.2, 0.25) is 0 Å². The molecule has 122 valence electrons. The largest absolute Gasteiger partial charge is 0.480 e. The van der Waals surface area contributed by atoms with Gasteiger partial charge in [-0.15, -0.1) is 0 Å². The lowest BCUT2D eigenvalue weighted by molar-refractivity contribution is -0.143. The zero-order valence-corrected chi connectivity index (χ0v) is 13.7. The van der Waals surface area contributed by atoms with E-state index in [0.717, 1.165) is 5.69 Å². The lowest BCUT2D eigenvalue weighted by atomic mass is 9.97. The molecule has 3 atom stereocenters. The molecule has 0 aliphatic heterocycles. The number of carbonyl (C=O) groups excluding carboxylic acids is 1. The van der Waals surface area contributed by atoms with E-state index in [1.165, 1.54) is 0 Å². The fourth-order valence-corrected chi connectivity index (χ4v) is 2.18. The summed E-state index contributed by atoms with van der Waals surface area (Å²) in [5, 5.41) is 15.1. The quantitative estimate of drug-likeness (QED) is 0.690. The van der Waals surface area contributed by atoms with Crippen LogP contribution in [0.3, 0.4) is 0 Å². The van der Waals surface area contributed by atoms with Crippen molar-refractivity contribution in [3.05, 3.63) is 30.3 Å². The monoisotopic (exact) mass is 306 g/mol. The number of carboxylic acids is 1. The third kappa shape index (κ3) is 5.06. The number of benzene rings is 1. The topological polar surface area (TPSA) is 78.4 Å². The maximum Gasteiger partial charge on any atom is 0.326 e. The van der Waals surface area contributed by atoms with Gasteiger partial charge in [-0.2, -0.15) is 0 Å². The van der Waals surface area contributed by atoms with Crippen LogP contribution in [0.1, 0.15) is 34.1 Å². The van der Waals surface area contributed by atoms with Crippen LogP contribution in [-0.4, -0.2) is 29.1 Å². The van der Waals surface area contributed by atoms with Gasteiger partial charge in [-0.1, -0.05) is 52.3 Å². The fourth-order valence-electron chi connectivity index (χ4n) is 2.18. The van der Waals surface area contributed by atoms with Gasteiger partial charge in [0.15, 0.2) is 0 Å². The Hall–Kier alpha value is -2.04. The van der Waals surface area contributed by atoms with Gasteiger partial charge in [0.1, 0.15) is 12.1 Å². The van der Waals surface area contributed by atoms with Gasteiger partial charge in [0, 0.05) is 5.69 Å². The summed E-state index contributed by atoms with van der Waals surface area (Å²) in [7, 11) is 0. The number of carbonyl (C=O) groups is 2. The molecule has 22 heavy (non-hydrogen) atoms. The number of carboxylic acid groups (broad SMARTS) is 1. The molecule has 0 saturated heterocycles. The van der Waals surface area contributed by atoms with E-state index in [9.17, 15) is 14.7 Å². The standard InChI is InChI=1S/C17H26N2O3/c1-5-12(4)15(17(21)22)19-16(20)14(11(2)3)18-13-9-7-6-8-10-13/h6-12,14-15,18H,5H2,1-4H3,(H,19,20)(H,21,22). The SMILES string of the molecule is CCC(C)C(NC(=O)C(Nc1ccccc1)C(C)C)C(=O)O. The van der Waals surface area contributed by atoms with E-state index < -0.39 is 18.1 Å². The van der Waals surface area contributed by atoms with Crippen molar-refractivity contribution in [1.82, 2.24) is 5.32 Å². The Morgan fingerprint density at radius 3 is 2.14 bits per heavy atom. The number of para-hydroxylation sites is 1. The highest BCUT2D eigenvalue weighted by Gasteiger charge is 2.30. The average Bonchev–Trinajstić information content (AvgIpc) is 2.49. The van der Waals surface area contributed by atoms with Crippen LogP contribution < -0.4 is 10.6 Å². The molecule has 1 aromatic rings. The van der Waals surface area contributed by atoms with Crippen molar-refractivity contribution in [2.24, 2.45) is 11.8 Å². The predicted molar refractivity (Wildman–Crippen MR) is 87.7 cm³/mol. The Kier molecular flexibility index (Phi) is 6.89. The summed E-state index contributed by atoms with van der Waals surface area (Å²) in [6.45, 7) is 7.60. The van der Waals surface area contributed by atoms with E-state index in [2.05, 4.69) is 10.6 Å². The van der Waals surface area contributed by atoms with Crippen LogP contribution >= 0.6 is 0 Å². The number of aliphatic carboxylic acids is 1. The number of hydrogen-bond acceptors (Lipinski definition) is 3. The van der Waals surface area contributed by atoms with Gasteiger partial charge in [-0.3, -0.25) is 4.79 Å². The Bertz CT molecular complexity index is 488. The van der Waals surface area contributed by atoms with Crippen molar-refractivity contribution in [2.75, 3.05) is 5.32 Å². The summed E-state index contributed by atoms with van der Waals surface area (Å²) in [6, 6.07) is 8.09. The van der Waals surface area contributed by atoms with Crippen molar-refractivity contribution in [3.63, 3.8) is 0 Å². The van der Waals surface area contributed by atoms with Crippen molar-refractivity contribution in [2.45, 2.75) is 46.2 Å². The van der Waals surface area contributed by atoms with E-state index >= 15 is 0 Å². The average molecular weight is 306 g/mol. The Balaban J connectivity index is 2.82. The maximum atomic E-state index is 12.5. The molecule has 0 aromatic heterocycles. The van der Waals surface area contributed by atoms with Crippen molar-refractivity contribution >= 4 is 17.6 Å². The summed E-state index contributed by atoms with van der Waals surface area (Å²) in [6.07, 6.45) is 0.690. The Morgan fingerprint density at radius 2 is 1.68 bits per heavy atom. The minimum atomic E-state index is -0.995. The molecule has 0 aliphatic rings. The van der Waals surface area contributed by atoms with Gasteiger partial charge in [-0.25, -0.2) is 4.79 Å². The van der Waals surface area contributed by atoms with Gasteiger partial charge >= 0.3 is 5.97 Å². The molecule has 1 rings (SSSR count). The molecule has 0 fully saturated rings. The van der Waals surface area contributed by atoms with Crippen LogP contribution in [0.15, 0.2) is 30.3 Å². The highest BCUT2D eigenvalue weighted by molar-refractivity contribution is 5.89. The molecule has 5 heteroatoms. The van der Waals surface area contributed by atoms with Crippen LogP contribution in [-0.2, 0) is 9.59 Å². The molecule has 0 bridgehead atoms. The summed E-state index contributed by atoms with van der Waals surface area (Å²) in [5.41, 5.74) is 0.840. The number of anilines is 1. The zero-order valence-electron chi connectivity index (χ0n) is 13.7. The normalized spacial score (nSPS) is 15.0. The third-order valence-electron chi connectivity index (χ3n) is 3.82. The first kappa shape index (κ1) is 18.0. The minimum absolute atomic E-state index is 0.0339.